The van der Waals surface area contributed by atoms with Gasteiger partial charge in [0.1, 0.15) is 11.6 Å². The number of imide groups is 1. The van der Waals surface area contributed by atoms with Gasteiger partial charge in [-0.25, -0.2) is 9.59 Å². The number of amides is 3. The second-order valence-corrected chi connectivity index (χ2v) is 6.84. The molecule has 0 aromatic heterocycles. The van der Waals surface area contributed by atoms with E-state index < -0.39 is 35.5 Å². The van der Waals surface area contributed by atoms with E-state index in [1.165, 1.54) is 17.0 Å². The Labute approximate surface area is 144 Å². The highest BCUT2D eigenvalue weighted by Crippen LogP contribution is 2.26. The SMILES string of the molecule is CC(C)(C)OC(=O)N1CCC1C(=O)ON1C(=O)c2ccccc2C1=O. The molecule has 2 aliphatic rings. The van der Waals surface area contributed by atoms with Gasteiger partial charge in [0.2, 0.25) is 0 Å². The van der Waals surface area contributed by atoms with Crippen LogP contribution in [0.4, 0.5) is 4.79 Å². The van der Waals surface area contributed by atoms with Crippen LogP contribution in [-0.2, 0) is 14.4 Å². The monoisotopic (exact) mass is 346 g/mol. The van der Waals surface area contributed by atoms with Crippen LogP contribution < -0.4 is 0 Å². The van der Waals surface area contributed by atoms with Crippen molar-refractivity contribution in [3.05, 3.63) is 35.4 Å². The van der Waals surface area contributed by atoms with Crippen LogP contribution in [0.3, 0.4) is 0 Å². The van der Waals surface area contributed by atoms with E-state index in [9.17, 15) is 19.2 Å². The quantitative estimate of drug-likeness (QED) is 0.758. The molecule has 3 rings (SSSR count). The molecule has 0 spiro atoms. The first-order valence-electron chi connectivity index (χ1n) is 7.88. The highest BCUT2D eigenvalue weighted by Gasteiger charge is 2.45. The van der Waals surface area contributed by atoms with Crippen molar-refractivity contribution in [1.29, 1.82) is 0 Å². The van der Waals surface area contributed by atoms with E-state index in [1.807, 2.05) is 0 Å². The third-order valence-electron chi connectivity index (χ3n) is 3.86. The molecule has 1 fully saturated rings. The average Bonchev–Trinajstić information content (AvgIpc) is 2.70. The Morgan fingerprint density at radius 2 is 1.64 bits per heavy atom. The van der Waals surface area contributed by atoms with Crippen LogP contribution in [0.1, 0.15) is 47.9 Å². The lowest BCUT2D eigenvalue weighted by molar-refractivity contribution is -0.179. The number of benzene rings is 1. The molecular weight excluding hydrogens is 328 g/mol. The van der Waals surface area contributed by atoms with Gasteiger partial charge in [-0.3, -0.25) is 14.5 Å². The predicted octanol–water partition coefficient (Wildman–Crippen LogP) is 1.75. The fraction of sp³-hybridized carbons (Fsp3) is 0.412. The van der Waals surface area contributed by atoms with E-state index in [1.54, 1.807) is 32.9 Å². The summed E-state index contributed by atoms with van der Waals surface area (Å²) in [5, 5.41) is 0.443. The summed E-state index contributed by atoms with van der Waals surface area (Å²) < 4.78 is 5.22. The van der Waals surface area contributed by atoms with Crippen LogP contribution >= 0.6 is 0 Å². The Kier molecular flexibility index (Phi) is 3.98. The number of carbonyl (C=O) groups is 4. The van der Waals surface area contributed by atoms with Crippen molar-refractivity contribution >= 4 is 23.9 Å². The fourth-order valence-electron chi connectivity index (χ4n) is 2.57. The summed E-state index contributed by atoms with van der Waals surface area (Å²) in [6, 6.07) is 5.33. The van der Waals surface area contributed by atoms with Gasteiger partial charge in [-0.15, -0.1) is 0 Å². The first-order valence-corrected chi connectivity index (χ1v) is 7.88. The molecule has 0 bridgehead atoms. The molecule has 3 amide bonds. The van der Waals surface area contributed by atoms with Crippen molar-refractivity contribution in [3.63, 3.8) is 0 Å². The fourth-order valence-corrected chi connectivity index (χ4v) is 2.57. The molecule has 25 heavy (non-hydrogen) atoms. The van der Waals surface area contributed by atoms with E-state index in [2.05, 4.69) is 0 Å². The second-order valence-electron chi connectivity index (χ2n) is 6.84. The largest absolute Gasteiger partial charge is 0.444 e. The lowest BCUT2D eigenvalue weighted by atomic mass is 10.0. The molecule has 1 saturated heterocycles. The van der Waals surface area contributed by atoms with Crippen LogP contribution in [0.15, 0.2) is 24.3 Å². The number of rotatable bonds is 2. The summed E-state index contributed by atoms with van der Waals surface area (Å²) in [5.41, 5.74) is -0.334. The highest BCUT2D eigenvalue weighted by molar-refractivity contribution is 6.20. The number of hydroxylamine groups is 2. The molecular formula is C17H18N2O6. The van der Waals surface area contributed by atoms with Gasteiger partial charge in [0.15, 0.2) is 0 Å². The van der Waals surface area contributed by atoms with Gasteiger partial charge in [0, 0.05) is 6.54 Å². The van der Waals surface area contributed by atoms with Crippen LogP contribution in [-0.4, -0.2) is 52.0 Å². The minimum atomic E-state index is -0.876. The summed E-state index contributed by atoms with van der Waals surface area (Å²) in [4.78, 5) is 54.9. The number of nitrogens with zero attached hydrogens (tertiary/aromatic N) is 2. The van der Waals surface area contributed by atoms with Crippen LogP contribution in [0, 0.1) is 0 Å². The first-order chi connectivity index (χ1) is 11.7. The van der Waals surface area contributed by atoms with Crippen molar-refractivity contribution in [3.8, 4) is 0 Å². The molecule has 2 heterocycles. The Morgan fingerprint density at radius 3 is 2.08 bits per heavy atom. The van der Waals surface area contributed by atoms with Gasteiger partial charge >= 0.3 is 12.1 Å². The normalized spacial score (nSPS) is 19.4. The molecule has 1 unspecified atom stereocenters. The zero-order valence-electron chi connectivity index (χ0n) is 14.1. The standard InChI is InChI=1S/C17H18N2O6/c1-17(2,3)24-16(23)18-9-8-12(18)15(22)25-19-13(20)10-6-4-5-7-11(10)14(19)21/h4-7,12H,8-9H2,1-3H3. The molecule has 0 N–H and O–H groups in total. The minimum Gasteiger partial charge on any atom is -0.444 e. The molecule has 8 heteroatoms. The van der Waals surface area contributed by atoms with Gasteiger partial charge in [0.25, 0.3) is 11.8 Å². The second kappa shape index (κ2) is 5.87. The molecule has 132 valence electrons. The van der Waals surface area contributed by atoms with Crippen molar-refractivity contribution in [2.45, 2.75) is 38.8 Å². The molecule has 0 radical (unpaired) electrons. The third-order valence-corrected chi connectivity index (χ3v) is 3.86. The molecule has 1 aromatic rings. The Balaban J connectivity index is 1.67. The van der Waals surface area contributed by atoms with Gasteiger partial charge < -0.3 is 9.57 Å². The number of carbonyl (C=O) groups excluding carboxylic acids is 4. The van der Waals surface area contributed by atoms with Gasteiger partial charge in [0.05, 0.1) is 11.1 Å². The summed E-state index contributed by atoms with van der Waals surface area (Å²) >= 11 is 0. The van der Waals surface area contributed by atoms with E-state index >= 15 is 0 Å². The van der Waals surface area contributed by atoms with Crippen molar-refractivity contribution in [2.24, 2.45) is 0 Å². The molecule has 8 nitrogen and oxygen atoms in total. The van der Waals surface area contributed by atoms with Crippen molar-refractivity contribution in [2.75, 3.05) is 6.54 Å². The number of hydrogen-bond acceptors (Lipinski definition) is 6. The Hall–Kier alpha value is -2.90. The van der Waals surface area contributed by atoms with Crippen LogP contribution in [0.2, 0.25) is 0 Å². The zero-order valence-corrected chi connectivity index (χ0v) is 14.1. The number of fused-ring (bicyclic) bond motifs is 1. The summed E-state index contributed by atoms with van der Waals surface area (Å²) in [7, 11) is 0. The molecule has 0 aliphatic carbocycles. The summed E-state index contributed by atoms with van der Waals surface area (Å²) in [6.45, 7) is 5.50. The summed E-state index contributed by atoms with van der Waals surface area (Å²) in [5.74, 6) is -2.24. The van der Waals surface area contributed by atoms with Crippen molar-refractivity contribution < 1.29 is 28.8 Å². The van der Waals surface area contributed by atoms with Gasteiger partial charge in [-0.1, -0.05) is 17.2 Å². The van der Waals surface area contributed by atoms with E-state index in [0.717, 1.165) is 0 Å². The van der Waals surface area contributed by atoms with Crippen LogP contribution in [0.25, 0.3) is 0 Å². The number of ether oxygens (including phenoxy) is 1. The maximum atomic E-state index is 12.3. The van der Waals surface area contributed by atoms with Gasteiger partial charge in [-0.05, 0) is 39.3 Å². The minimum absolute atomic E-state index is 0.179. The van der Waals surface area contributed by atoms with E-state index in [4.69, 9.17) is 9.57 Å². The lowest BCUT2D eigenvalue weighted by Crippen LogP contribution is -2.57. The third kappa shape index (κ3) is 3.07. The first kappa shape index (κ1) is 16.9. The van der Waals surface area contributed by atoms with Gasteiger partial charge in [-0.2, -0.15) is 0 Å². The number of hydrogen-bond donors (Lipinski definition) is 0. The maximum Gasteiger partial charge on any atom is 0.411 e. The summed E-state index contributed by atoms with van der Waals surface area (Å²) in [6.07, 6.45) is -0.260. The van der Waals surface area contributed by atoms with Crippen LogP contribution in [0.5, 0.6) is 0 Å². The van der Waals surface area contributed by atoms with E-state index in [-0.39, 0.29) is 11.1 Å². The molecule has 1 aromatic carbocycles. The lowest BCUT2D eigenvalue weighted by Gasteiger charge is -2.39. The number of likely N-dealkylation sites (tertiary alicyclic amines) is 1. The Morgan fingerprint density at radius 1 is 1.08 bits per heavy atom. The smallest absolute Gasteiger partial charge is 0.411 e. The van der Waals surface area contributed by atoms with E-state index in [0.29, 0.717) is 18.0 Å². The zero-order chi connectivity index (χ0) is 18.4. The predicted molar refractivity (Wildman–Crippen MR) is 84.4 cm³/mol. The topological polar surface area (TPSA) is 93.2 Å². The highest BCUT2D eigenvalue weighted by atomic mass is 16.7. The molecule has 1 atom stereocenters. The molecule has 0 saturated carbocycles. The maximum absolute atomic E-state index is 12.3. The average molecular weight is 346 g/mol. The van der Waals surface area contributed by atoms with Crippen molar-refractivity contribution in [1.82, 2.24) is 9.96 Å². The Bertz CT molecular complexity index is 732. The molecule has 2 aliphatic heterocycles.